The van der Waals surface area contributed by atoms with Gasteiger partial charge in [-0.15, -0.1) is 0 Å². The van der Waals surface area contributed by atoms with Crippen molar-refractivity contribution in [3.63, 3.8) is 0 Å². The summed E-state index contributed by atoms with van der Waals surface area (Å²) >= 11 is 6.98. The lowest BCUT2D eigenvalue weighted by Gasteiger charge is -2.10. The summed E-state index contributed by atoms with van der Waals surface area (Å²) in [7, 11) is 0. The first kappa shape index (κ1) is 21.0. The van der Waals surface area contributed by atoms with Crippen LogP contribution in [0.1, 0.15) is 17.5 Å². The van der Waals surface area contributed by atoms with E-state index in [-0.39, 0.29) is 24.1 Å². The molecule has 3 rings (SSSR count). The van der Waals surface area contributed by atoms with E-state index < -0.39 is 5.25 Å². The van der Waals surface area contributed by atoms with Gasteiger partial charge in [0.1, 0.15) is 0 Å². The van der Waals surface area contributed by atoms with E-state index in [9.17, 15) is 14.4 Å². The summed E-state index contributed by atoms with van der Waals surface area (Å²) in [6.45, 7) is 3.85. The minimum Gasteiger partial charge on any atom is -0.326 e. The smallest absolute Gasteiger partial charge is 0.250 e. The second-order valence-electron chi connectivity index (χ2n) is 6.67. The third-order valence-corrected chi connectivity index (χ3v) is 5.61. The number of nitrogens with one attached hydrogen (secondary N) is 3. The molecule has 0 bridgehead atoms. The quantitative estimate of drug-likeness (QED) is 0.627. The van der Waals surface area contributed by atoms with Crippen LogP contribution in [0.15, 0.2) is 53.6 Å². The number of rotatable bonds is 5. The normalized spacial score (nSPS) is 17.1. The summed E-state index contributed by atoms with van der Waals surface area (Å²) in [5, 5.41) is 8.58. The Balaban J connectivity index is 1.57. The van der Waals surface area contributed by atoms with E-state index in [0.29, 0.717) is 15.7 Å². The van der Waals surface area contributed by atoms with Crippen molar-refractivity contribution in [2.24, 2.45) is 0 Å². The van der Waals surface area contributed by atoms with Crippen molar-refractivity contribution in [2.45, 2.75) is 25.5 Å². The van der Waals surface area contributed by atoms with Gasteiger partial charge in [-0.05, 0) is 55.3 Å². The van der Waals surface area contributed by atoms with Crippen LogP contribution in [0.5, 0.6) is 0 Å². The SMILES string of the molecule is Cc1ccc(C)c(NC(=O)CC2S/C(=C\C(=O)Nc3ccc(Cl)cc3)NC2=O)c1. The van der Waals surface area contributed by atoms with Gasteiger partial charge in [0.05, 0.1) is 10.3 Å². The highest BCUT2D eigenvalue weighted by atomic mass is 35.5. The van der Waals surface area contributed by atoms with Gasteiger partial charge in [-0.3, -0.25) is 14.4 Å². The van der Waals surface area contributed by atoms with Crippen molar-refractivity contribution < 1.29 is 14.4 Å². The minimum absolute atomic E-state index is 0.0139. The molecule has 2 aromatic rings. The molecule has 3 amide bonds. The van der Waals surface area contributed by atoms with Gasteiger partial charge in [0.2, 0.25) is 11.8 Å². The Morgan fingerprint density at radius 2 is 1.86 bits per heavy atom. The van der Waals surface area contributed by atoms with E-state index in [1.54, 1.807) is 24.3 Å². The molecule has 6 nitrogen and oxygen atoms in total. The van der Waals surface area contributed by atoms with E-state index in [2.05, 4.69) is 16.0 Å². The largest absolute Gasteiger partial charge is 0.326 e. The fraction of sp³-hybridized carbons (Fsp3) is 0.190. The Hall–Kier alpha value is -2.77. The third-order valence-electron chi connectivity index (χ3n) is 4.22. The van der Waals surface area contributed by atoms with Crippen LogP contribution >= 0.6 is 23.4 Å². The first-order chi connectivity index (χ1) is 13.8. The van der Waals surface area contributed by atoms with Crippen LogP contribution in [0.4, 0.5) is 11.4 Å². The first-order valence-electron chi connectivity index (χ1n) is 8.93. The number of thioether (sulfide) groups is 1. The van der Waals surface area contributed by atoms with E-state index >= 15 is 0 Å². The molecule has 0 aromatic heterocycles. The Kier molecular flexibility index (Phi) is 6.61. The summed E-state index contributed by atoms with van der Waals surface area (Å²) < 4.78 is 0. The monoisotopic (exact) mass is 429 g/mol. The Morgan fingerprint density at radius 3 is 2.59 bits per heavy atom. The predicted molar refractivity (Wildman–Crippen MR) is 117 cm³/mol. The summed E-state index contributed by atoms with van der Waals surface area (Å²) in [6, 6.07) is 12.5. The number of halogens is 1. The predicted octanol–water partition coefficient (Wildman–Crippen LogP) is 4.00. The highest BCUT2D eigenvalue weighted by Gasteiger charge is 2.31. The maximum absolute atomic E-state index is 12.4. The third kappa shape index (κ3) is 5.85. The van der Waals surface area contributed by atoms with Gasteiger partial charge in [0.15, 0.2) is 0 Å². The summed E-state index contributed by atoms with van der Waals surface area (Å²) in [4.78, 5) is 36.7. The van der Waals surface area contributed by atoms with E-state index in [0.717, 1.165) is 28.6 Å². The van der Waals surface area contributed by atoms with Crippen LogP contribution in [0.25, 0.3) is 0 Å². The highest BCUT2D eigenvalue weighted by molar-refractivity contribution is 8.04. The fourth-order valence-electron chi connectivity index (χ4n) is 2.71. The van der Waals surface area contributed by atoms with Gasteiger partial charge in [0.25, 0.3) is 5.91 Å². The van der Waals surface area contributed by atoms with E-state index in [1.165, 1.54) is 6.08 Å². The van der Waals surface area contributed by atoms with Crippen molar-refractivity contribution in [3.05, 3.63) is 69.7 Å². The van der Waals surface area contributed by atoms with Crippen LogP contribution in [0, 0.1) is 13.8 Å². The zero-order chi connectivity index (χ0) is 21.0. The Labute approximate surface area is 178 Å². The molecule has 1 saturated heterocycles. The molecule has 2 aromatic carbocycles. The molecule has 1 heterocycles. The van der Waals surface area contributed by atoms with Gasteiger partial charge < -0.3 is 16.0 Å². The molecule has 8 heteroatoms. The average molecular weight is 430 g/mol. The standard InChI is InChI=1S/C21H20ClN3O3S/c1-12-3-4-13(2)16(9-12)24-18(26)10-17-21(28)25-20(29-17)11-19(27)23-15-7-5-14(22)6-8-15/h3-9,11,17H,10H2,1-2H3,(H,23,27)(H,24,26)(H,25,28)/b20-11-. The lowest BCUT2D eigenvalue weighted by atomic mass is 10.1. The lowest BCUT2D eigenvalue weighted by molar-refractivity contribution is -0.122. The molecular weight excluding hydrogens is 410 g/mol. The van der Waals surface area contributed by atoms with Gasteiger partial charge in [0, 0.05) is 28.9 Å². The maximum atomic E-state index is 12.4. The van der Waals surface area contributed by atoms with Gasteiger partial charge in [-0.25, -0.2) is 0 Å². The molecular formula is C21H20ClN3O3S. The molecule has 0 aliphatic carbocycles. The van der Waals surface area contributed by atoms with Crippen LogP contribution in [-0.4, -0.2) is 23.0 Å². The highest BCUT2D eigenvalue weighted by Crippen LogP contribution is 2.29. The molecule has 1 fully saturated rings. The van der Waals surface area contributed by atoms with Gasteiger partial charge in [-0.1, -0.05) is 35.5 Å². The molecule has 1 aliphatic heterocycles. The number of hydrogen-bond acceptors (Lipinski definition) is 4. The summed E-state index contributed by atoms with van der Waals surface area (Å²) in [5.41, 5.74) is 3.31. The first-order valence-corrected chi connectivity index (χ1v) is 10.2. The van der Waals surface area contributed by atoms with Gasteiger partial charge >= 0.3 is 0 Å². The molecule has 1 aliphatic rings. The molecule has 3 N–H and O–H groups in total. The topological polar surface area (TPSA) is 87.3 Å². The minimum atomic E-state index is -0.588. The molecule has 1 atom stereocenters. The fourth-order valence-corrected chi connectivity index (χ4v) is 3.88. The molecule has 29 heavy (non-hydrogen) atoms. The lowest BCUT2D eigenvalue weighted by Crippen LogP contribution is -2.27. The van der Waals surface area contributed by atoms with Gasteiger partial charge in [-0.2, -0.15) is 0 Å². The number of hydrogen-bond donors (Lipinski definition) is 3. The molecule has 0 saturated carbocycles. The number of benzene rings is 2. The molecule has 1 unspecified atom stereocenters. The summed E-state index contributed by atoms with van der Waals surface area (Å²) in [6.07, 6.45) is 1.32. The zero-order valence-electron chi connectivity index (χ0n) is 15.9. The average Bonchev–Trinajstić information content (AvgIpc) is 2.98. The second kappa shape index (κ2) is 9.15. The van der Waals surface area contributed by atoms with Crippen molar-refractivity contribution >= 4 is 52.5 Å². The zero-order valence-corrected chi connectivity index (χ0v) is 17.5. The van der Waals surface area contributed by atoms with Crippen LogP contribution < -0.4 is 16.0 Å². The van der Waals surface area contributed by atoms with Crippen molar-refractivity contribution in [1.82, 2.24) is 5.32 Å². The van der Waals surface area contributed by atoms with Crippen molar-refractivity contribution in [3.8, 4) is 0 Å². The van der Waals surface area contributed by atoms with E-state index in [1.807, 2.05) is 32.0 Å². The molecule has 150 valence electrons. The van der Waals surface area contributed by atoms with Crippen LogP contribution in [0.3, 0.4) is 0 Å². The molecule has 0 spiro atoms. The van der Waals surface area contributed by atoms with Crippen LogP contribution in [-0.2, 0) is 14.4 Å². The van der Waals surface area contributed by atoms with Crippen LogP contribution in [0.2, 0.25) is 5.02 Å². The maximum Gasteiger partial charge on any atom is 0.250 e. The number of carbonyl (C=O) groups excluding carboxylic acids is 3. The Morgan fingerprint density at radius 1 is 1.14 bits per heavy atom. The van der Waals surface area contributed by atoms with Crippen molar-refractivity contribution in [1.29, 1.82) is 0 Å². The van der Waals surface area contributed by atoms with Crippen molar-refractivity contribution in [2.75, 3.05) is 10.6 Å². The Bertz CT molecular complexity index is 989. The number of anilines is 2. The van der Waals surface area contributed by atoms with E-state index in [4.69, 9.17) is 11.6 Å². The number of carbonyl (C=O) groups is 3. The molecule has 0 radical (unpaired) electrons. The number of amides is 3. The second-order valence-corrected chi connectivity index (χ2v) is 8.35. The summed E-state index contributed by atoms with van der Waals surface area (Å²) in [5.74, 6) is -0.925. The number of aryl methyl sites for hydroxylation is 2.